The summed E-state index contributed by atoms with van der Waals surface area (Å²) >= 11 is 0. The molecule has 0 N–H and O–H groups in total. The predicted molar refractivity (Wildman–Crippen MR) is 73.4 cm³/mol. The summed E-state index contributed by atoms with van der Waals surface area (Å²) in [7, 11) is 0. The lowest BCUT2D eigenvalue weighted by atomic mass is 9.86. The molecule has 0 nitrogen and oxygen atoms in total. The minimum absolute atomic E-state index is 0.643. The van der Waals surface area contributed by atoms with Crippen LogP contribution in [-0.4, -0.2) is 0 Å². The summed E-state index contributed by atoms with van der Waals surface area (Å²) < 4.78 is 0. The van der Waals surface area contributed by atoms with Crippen molar-refractivity contribution < 1.29 is 0 Å². The van der Waals surface area contributed by atoms with Crippen LogP contribution in [0.15, 0.2) is 12.2 Å². The van der Waals surface area contributed by atoms with E-state index in [1.54, 1.807) is 0 Å². The first-order valence-electron chi connectivity index (χ1n) is 7.08. The van der Waals surface area contributed by atoms with Gasteiger partial charge in [-0.15, -0.1) is 0 Å². The standard InChI is InChI=1S/C16H30/c1-7-12(2)13(3)9-8-10-14(4)16(6)11-15(16)5/h8-9,12-15H,7,10-11H2,1-6H3. The van der Waals surface area contributed by atoms with Crippen molar-refractivity contribution in [1.29, 1.82) is 0 Å². The fourth-order valence-corrected chi connectivity index (χ4v) is 2.62. The first-order valence-corrected chi connectivity index (χ1v) is 7.08. The molecule has 0 amide bonds. The number of hydrogen-bond donors (Lipinski definition) is 0. The van der Waals surface area contributed by atoms with Crippen molar-refractivity contribution in [3.8, 4) is 0 Å². The molecular weight excluding hydrogens is 192 g/mol. The molecule has 1 saturated carbocycles. The Morgan fingerprint density at radius 2 is 1.88 bits per heavy atom. The highest BCUT2D eigenvalue weighted by molar-refractivity contribution is 5.02. The Bertz CT molecular complexity index is 240. The fraction of sp³-hybridized carbons (Fsp3) is 0.875. The van der Waals surface area contributed by atoms with Crippen LogP contribution in [0, 0.1) is 29.1 Å². The Labute approximate surface area is 103 Å². The molecule has 94 valence electrons. The van der Waals surface area contributed by atoms with E-state index in [-0.39, 0.29) is 0 Å². The summed E-state index contributed by atoms with van der Waals surface area (Å²) in [6, 6.07) is 0. The minimum atomic E-state index is 0.643. The van der Waals surface area contributed by atoms with Crippen molar-refractivity contribution in [2.24, 2.45) is 29.1 Å². The van der Waals surface area contributed by atoms with Crippen molar-refractivity contribution in [1.82, 2.24) is 0 Å². The second kappa shape index (κ2) is 5.38. The zero-order valence-electron chi connectivity index (χ0n) is 12.1. The average molecular weight is 222 g/mol. The molecule has 0 aromatic rings. The van der Waals surface area contributed by atoms with Crippen LogP contribution in [0.2, 0.25) is 0 Å². The van der Waals surface area contributed by atoms with E-state index in [9.17, 15) is 0 Å². The molecule has 1 aliphatic carbocycles. The molecule has 0 heteroatoms. The van der Waals surface area contributed by atoms with Gasteiger partial charge in [-0.2, -0.15) is 0 Å². The van der Waals surface area contributed by atoms with E-state index in [4.69, 9.17) is 0 Å². The molecule has 0 spiro atoms. The van der Waals surface area contributed by atoms with Crippen LogP contribution in [0.3, 0.4) is 0 Å². The van der Waals surface area contributed by atoms with E-state index in [0.29, 0.717) is 5.41 Å². The maximum absolute atomic E-state index is 2.45. The quantitative estimate of drug-likeness (QED) is 0.535. The van der Waals surface area contributed by atoms with Gasteiger partial charge in [0.25, 0.3) is 0 Å². The molecule has 0 saturated heterocycles. The lowest BCUT2D eigenvalue weighted by Crippen LogP contribution is -2.10. The van der Waals surface area contributed by atoms with Crippen molar-refractivity contribution in [2.45, 2.75) is 60.8 Å². The fourth-order valence-electron chi connectivity index (χ4n) is 2.62. The minimum Gasteiger partial charge on any atom is -0.0880 e. The molecule has 0 bridgehead atoms. The van der Waals surface area contributed by atoms with E-state index in [0.717, 1.165) is 23.7 Å². The van der Waals surface area contributed by atoms with E-state index in [2.05, 4.69) is 53.7 Å². The Morgan fingerprint density at radius 3 is 2.31 bits per heavy atom. The van der Waals surface area contributed by atoms with Crippen LogP contribution in [0.5, 0.6) is 0 Å². The molecule has 5 atom stereocenters. The van der Waals surface area contributed by atoms with Gasteiger partial charge in [0.05, 0.1) is 0 Å². The van der Waals surface area contributed by atoms with Crippen molar-refractivity contribution in [2.75, 3.05) is 0 Å². The lowest BCUT2D eigenvalue weighted by molar-refractivity contribution is 0.339. The van der Waals surface area contributed by atoms with E-state index < -0.39 is 0 Å². The average Bonchev–Trinajstić information content (AvgIpc) is 2.86. The van der Waals surface area contributed by atoms with Crippen LogP contribution in [0.4, 0.5) is 0 Å². The van der Waals surface area contributed by atoms with E-state index in [1.807, 2.05) is 0 Å². The molecule has 0 heterocycles. The first-order chi connectivity index (χ1) is 7.41. The normalized spacial score (nSPS) is 35.0. The SMILES string of the molecule is CCC(C)C(C)C=CCC(C)C1(C)CC1C. The zero-order valence-corrected chi connectivity index (χ0v) is 12.1. The van der Waals surface area contributed by atoms with Crippen molar-refractivity contribution >= 4 is 0 Å². The summed E-state index contributed by atoms with van der Waals surface area (Å²) in [4.78, 5) is 0. The molecule has 0 radical (unpaired) electrons. The Morgan fingerprint density at radius 1 is 1.31 bits per heavy atom. The molecule has 0 aromatic heterocycles. The van der Waals surface area contributed by atoms with Gasteiger partial charge in [0.2, 0.25) is 0 Å². The number of allylic oxidation sites excluding steroid dienone is 2. The van der Waals surface area contributed by atoms with Crippen molar-refractivity contribution in [3.05, 3.63) is 12.2 Å². The van der Waals surface area contributed by atoms with Gasteiger partial charge in [0.15, 0.2) is 0 Å². The first kappa shape index (κ1) is 13.8. The highest BCUT2D eigenvalue weighted by Gasteiger charge is 2.49. The van der Waals surface area contributed by atoms with Gasteiger partial charge in [0.1, 0.15) is 0 Å². The number of hydrogen-bond acceptors (Lipinski definition) is 0. The third-order valence-electron chi connectivity index (χ3n) is 5.31. The Hall–Kier alpha value is -0.260. The van der Waals surface area contributed by atoms with E-state index >= 15 is 0 Å². The molecule has 0 aliphatic heterocycles. The van der Waals surface area contributed by atoms with Crippen LogP contribution >= 0.6 is 0 Å². The largest absolute Gasteiger partial charge is 0.0880 e. The summed E-state index contributed by atoms with van der Waals surface area (Å²) in [5, 5.41) is 0. The van der Waals surface area contributed by atoms with Gasteiger partial charge in [-0.3, -0.25) is 0 Å². The highest BCUT2D eigenvalue weighted by Crippen LogP contribution is 2.58. The summed E-state index contributed by atoms with van der Waals surface area (Å²) in [5.74, 6) is 3.36. The van der Waals surface area contributed by atoms with Crippen molar-refractivity contribution in [3.63, 3.8) is 0 Å². The van der Waals surface area contributed by atoms with Gasteiger partial charge in [0, 0.05) is 0 Å². The maximum Gasteiger partial charge on any atom is -0.0236 e. The summed E-state index contributed by atoms with van der Waals surface area (Å²) in [6.07, 6.45) is 8.85. The summed E-state index contributed by atoms with van der Waals surface area (Å²) in [5.41, 5.74) is 0.643. The van der Waals surface area contributed by atoms with Crippen LogP contribution < -0.4 is 0 Å². The van der Waals surface area contributed by atoms with Gasteiger partial charge in [-0.05, 0) is 41.9 Å². The Balaban J connectivity index is 2.31. The zero-order chi connectivity index (χ0) is 12.3. The van der Waals surface area contributed by atoms with Crippen LogP contribution in [-0.2, 0) is 0 Å². The van der Waals surface area contributed by atoms with Gasteiger partial charge >= 0.3 is 0 Å². The number of rotatable bonds is 6. The molecule has 1 fully saturated rings. The molecule has 16 heavy (non-hydrogen) atoms. The topological polar surface area (TPSA) is 0 Å². The molecule has 1 rings (SSSR count). The third-order valence-corrected chi connectivity index (χ3v) is 5.31. The molecule has 0 aromatic carbocycles. The van der Waals surface area contributed by atoms with Gasteiger partial charge in [-0.1, -0.05) is 60.1 Å². The highest BCUT2D eigenvalue weighted by atomic mass is 14.5. The molecule has 1 aliphatic rings. The monoisotopic (exact) mass is 222 g/mol. The lowest BCUT2D eigenvalue weighted by Gasteiger charge is -2.19. The van der Waals surface area contributed by atoms with Crippen LogP contribution in [0.25, 0.3) is 0 Å². The Kier molecular flexibility index (Phi) is 4.64. The smallest absolute Gasteiger partial charge is 0.0236 e. The van der Waals surface area contributed by atoms with Crippen LogP contribution in [0.1, 0.15) is 60.8 Å². The maximum atomic E-state index is 2.45. The van der Waals surface area contributed by atoms with Gasteiger partial charge < -0.3 is 0 Å². The molecule has 5 unspecified atom stereocenters. The second-order valence-electron chi connectivity index (χ2n) is 6.42. The second-order valence-corrected chi connectivity index (χ2v) is 6.42. The van der Waals surface area contributed by atoms with Gasteiger partial charge in [-0.25, -0.2) is 0 Å². The van der Waals surface area contributed by atoms with E-state index in [1.165, 1.54) is 19.3 Å². The summed E-state index contributed by atoms with van der Waals surface area (Å²) in [6.45, 7) is 14.2. The third kappa shape index (κ3) is 3.12. The molecular formula is C16H30. The predicted octanol–water partition coefficient (Wildman–Crippen LogP) is 5.30.